The molecule has 0 atom stereocenters. The Morgan fingerprint density at radius 2 is 2.00 bits per heavy atom. The van der Waals surface area contributed by atoms with Crippen LogP contribution in [0.25, 0.3) is 0 Å². The first kappa shape index (κ1) is 16.8. The van der Waals surface area contributed by atoms with Gasteiger partial charge in [0.1, 0.15) is 5.82 Å². The fourth-order valence-corrected chi connectivity index (χ4v) is 1.97. The van der Waals surface area contributed by atoms with E-state index >= 15 is 0 Å². The minimum absolute atomic E-state index is 0.112. The smallest absolute Gasteiger partial charge is 0.258 e. The Morgan fingerprint density at radius 3 is 2.48 bits per heavy atom. The molecular weight excluding hydrogens is 327 g/mol. The minimum atomic E-state index is -4.94. The Hall–Kier alpha value is -2.59. The monoisotopic (exact) mass is 336 g/mol. The van der Waals surface area contributed by atoms with E-state index in [2.05, 4.69) is 10.1 Å². The van der Waals surface area contributed by atoms with Crippen LogP contribution in [0.2, 0.25) is 0 Å². The van der Waals surface area contributed by atoms with Crippen LogP contribution in [0.15, 0.2) is 18.2 Å². The van der Waals surface area contributed by atoms with E-state index < -0.39 is 29.3 Å². The lowest BCUT2D eigenvalue weighted by Gasteiger charge is -2.05. The highest BCUT2D eigenvalue weighted by Crippen LogP contribution is 2.28. The van der Waals surface area contributed by atoms with E-state index in [1.807, 2.05) is 0 Å². The van der Waals surface area contributed by atoms with Crippen molar-refractivity contribution >= 4 is 5.69 Å². The van der Waals surface area contributed by atoms with Crippen LogP contribution >= 0.6 is 0 Å². The third-order valence-corrected chi connectivity index (χ3v) is 2.96. The molecule has 0 fully saturated rings. The van der Waals surface area contributed by atoms with Gasteiger partial charge in [0, 0.05) is 18.1 Å². The third-order valence-electron chi connectivity index (χ3n) is 2.96. The Bertz CT molecular complexity index is 742. The van der Waals surface area contributed by atoms with Gasteiger partial charge in [0.05, 0.1) is 4.92 Å². The maximum atomic E-state index is 12.8. The summed E-state index contributed by atoms with van der Waals surface area (Å²) in [5.74, 6) is -2.24. The van der Waals surface area contributed by atoms with Gasteiger partial charge < -0.3 is 0 Å². The highest BCUT2D eigenvalue weighted by atomic mass is 19.4. The Labute approximate surface area is 125 Å². The molecule has 0 aliphatic carbocycles. The zero-order valence-corrected chi connectivity index (χ0v) is 11.5. The summed E-state index contributed by atoms with van der Waals surface area (Å²) in [5, 5.41) is 13.5. The molecule has 124 valence electrons. The van der Waals surface area contributed by atoms with Gasteiger partial charge in [-0.05, 0) is 18.6 Å². The Balaban J connectivity index is 2.38. The molecule has 0 amide bonds. The van der Waals surface area contributed by atoms with Gasteiger partial charge in [0.15, 0.2) is 0 Å². The van der Waals surface area contributed by atoms with Crippen molar-refractivity contribution in [2.45, 2.75) is 26.1 Å². The van der Waals surface area contributed by atoms with Crippen molar-refractivity contribution < 1.29 is 26.9 Å². The summed E-state index contributed by atoms with van der Waals surface area (Å²) in [4.78, 5) is 13.2. The molecular formula is C12H9F5N4O2. The van der Waals surface area contributed by atoms with Gasteiger partial charge in [-0.2, -0.15) is 26.6 Å². The molecule has 0 spiro atoms. The molecule has 1 aromatic carbocycles. The van der Waals surface area contributed by atoms with E-state index in [1.54, 1.807) is 0 Å². The molecule has 0 saturated heterocycles. The first-order chi connectivity index (χ1) is 10.6. The number of hydrogen-bond acceptors (Lipinski definition) is 4. The molecule has 0 bridgehead atoms. The lowest BCUT2D eigenvalue weighted by atomic mass is 10.1. The number of nitrogens with zero attached hydrogens (tertiary/aromatic N) is 4. The van der Waals surface area contributed by atoms with E-state index in [4.69, 9.17) is 0 Å². The van der Waals surface area contributed by atoms with E-state index in [9.17, 15) is 32.1 Å². The Morgan fingerprint density at radius 1 is 1.35 bits per heavy atom. The fourth-order valence-electron chi connectivity index (χ4n) is 1.97. The number of benzene rings is 1. The van der Waals surface area contributed by atoms with Gasteiger partial charge in [-0.25, -0.2) is 4.98 Å². The molecule has 1 heterocycles. The summed E-state index contributed by atoms with van der Waals surface area (Å²) < 4.78 is 63.1. The van der Waals surface area contributed by atoms with Gasteiger partial charge in [0.2, 0.25) is 0 Å². The number of alkyl halides is 5. The molecule has 0 unspecified atom stereocenters. The van der Waals surface area contributed by atoms with Crippen LogP contribution < -0.4 is 0 Å². The van der Waals surface area contributed by atoms with Crippen LogP contribution in [0.5, 0.6) is 0 Å². The van der Waals surface area contributed by atoms with E-state index in [0.29, 0.717) is 5.56 Å². The number of nitro groups is 1. The summed E-state index contributed by atoms with van der Waals surface area (Å²) in [6.45, 7) is -1.85. The molecule has 0 saturated carbocycles. The second-order valence-corrected chi connectivity index (χ2v) is 4.63. The molecule has 0 N–H and O–H groups in total. The first-order valence-corrected chi connectivity index (χ1v) is 6.14. The van der Waals surface area contributed by atoms with Gasteiger partial charge >= 0.3 is 12.7 Å². The molecule has 1 aromatic heterocycles. The second-order valence-electron chi connectivity index (χ2n) is 4.63. The third kappa shape index (κ3) is 3.60. The Kier molecular flexibility index (Phi) is 4.30. The van der Waals surface area contributed by atoms with Crippen LogP contribution in [0.1, 0.15) is 29.3 Å². The SMILES string of the molecule is Cc1cc(Cc2nc(C(F)(F)F)nn2C(F)F)ccc1[N+](=O)[O-]. The maximum Gasteiger partial charge on any atom is 0.453 e. The zero-order chi connectivity index (χ0) is 17.4. The highest BCUT2D eigenvalue weighted by molar-refractivity contribution is 5.42. The second kappa shape index (κ2) is 5.89. The average molecular weight is 336 g/mol. The number of aromatic nitrogens is 3. The topological polar surface area (TPSA) is 73.8 Å². The molecule has 0 radical (unpaired) electrons. The van der Waals surface area contributed by atoms with Gasteiger partial charge in [-0.15, -0.1) is 5.10 Å². The molecule has 11 heteroatoms. The number of nitro benzene ring substituents is 1. The fraction of sp³-hybridized carbons (Fsp3) is 0.333. The number of aryl methyl sites for hydroxylation is 1. The summed E-state index contributed by atoms with van der Waals surface area (Å²) in [7, 11) is 0. The molecule has 23 heavy (non-hydrogen) atoms. The van der Waals surface area contributed by atoms with Crippen molar-refractivity contribution in [2.24, 2.45) is 0 Å². The van der Waals surface area contributed by atoms with Crippen molar-refractivity contribution in [2.75, 3.05) is 0 Å². The van der Waals surface area contributed by atoms with Crippen LogP contribution in [0.3, 0.4) is 0 Å². The van der Waals surface area contributed by atoms with Crippen LogP contribution in [-0.2, 0) is 12.6 Å². The molecule has 0 aliphatic rings. The number of rotatable bonds is 4. The minimum Gasteiger partial charge on any atom is -0.258 e. The predicted octanol–water partition coefficient (Wildman–Crippen LogP) is 3.50. The van der Waals surface area contributed by atoms with Gasteiger partial charge in [-0.3, -0.25) is 10.1 Å². The van der Waals surface area contributed by atoms with Crippen LogP contribution in [0.4, 0.5) is 27.6 Å². The lowest BCUT2D eigenvalue weighted by Crippen LogP contribution is -2.09. The van der Waals surface area contributed by atoms with Crippen molar-refractivity contribution in [3.05, 3.63) is 51.1 Å². The number of halogens is 5. The van der Waals surface area contributed by atoms with E-state index in [-0.39, 0.29) is 22.4 Å². The lowest BCUT2D eigenvalue weighted by molar-refractivity contribution is -0.385. The predicted molar refractivity (Wildman–Crippen MR) is 66.9 cm³/mol. The largest absolute Gasteiger partial charge is 0.453 e. The standard InChI is InChI=1S/C12H9F5N4O2/c1-6-4-7(2-3-8(6)21(22)23)5-9-18-10(12(15,16)17)19-20(9)11(13)14/h2-4,11H,5H2,1H3. The summed E-state index contributed by atoms with van der Waals surface area (Å²) >= 11 is 0. The van der Waals surface area contributed by atoms with Crippen LogP contribution in [-0.4, -0.2) is 19.7 Å². The van der Waals surface area contributed by atoms with Crippen molar-refractivity contribution in [3.63, 3.8) is 0 Å². The summed E-state index contributed by atoms with van der Waals surface area (Å²) in [6, 6.07) is 3.75. The molecule has 2 aromatic rings. The highest BCUT2D eigenvalue weighted by Gasteiger charge is 2.38. The van der Waals surface area contributed by atoms with Crippen molar-refractivity contribution in [3.8, 4) is 0 Å². The summed E-state index contributed by atoms with van der Waals surface area (Å²) in [6.07, 6.45) is -5.31. The van der Waals surface area contributed by atoms with Crippen molar-refractivity contribution in [1.29, 1.82) is 0 Å². The quantitative estimate of drug-likeness (QED) is 0.487. The maximum absolute atomic E-state index is 12.8. The van der Waals surface area contributed by atoms with Crippen LogP contribution in [0, 0.1) is 17.0 Å². The first-order valence-electron chi connectivity index (χ1n) is 6.14. The average Bonchev–Trinajstić information content (AvgIpc) is 2.82. The van der Waals surface area contributed by atoms with Gasteiger partial charge in [0.25, 0.3) is 11.5 Å². The molecule has 6 nitrogen and oxygen atoms in total. The van der Waals surface area contributed by atoms with E-state index in [1.165, 1.54) is 19.1 Å². The molecule has 2 rings (SSSR count). The molecule has 0 aliphatic heterocycles. The van der Waals surface area contributed by atoms with E-state index in [0.717, 1.165) is 6.07 Å². The zero-order valence-electron chi connectivity index (χ0n) is 11.5. The van der Waals surface area contributed by atoms with Crippen molar-refractivity contribution in [1.82, 2.24) is 14.8 Å². The normalized spacial score (nSPS) is 12.0. The number of hydrogen-bond donors (Lipinski definition) is 0. The summed E-state index contributed by atoms with van der Waals surface area (Å²) in [5.41, 5.74) is 0.378. The van der Waals surface area contributed by atoms with Gasteiger partial charge in [-0.1, -0.05) is 6.07 Å².